The van der Waals surface area contributed by atoms with E-state index in [1.807, 2.05) is 0 Å². The van der Waals surface area contributed by atoms with Crippen molar-refractivity contribution in [2.75, 3.05) is 20.7 Å². The fraction of sp³-hybridized carbons (Fsp3) is 0.529. The van der Waals surface area contributed by atoms with Crippen LogP contribution in [-0.4, -0.2) is 37.5 Å². The van der Waals surface area contributed by atoms with Gasteiger partial charge in [0.2, 0.25) is 5.91 Å². The van der Waals surface area contributed by atoms with Crippen LogP contribution in [0.5, 0.6) is 0 Å². The second kappa shape index (κ2) is 7.25. The number of amides is 1. The maximum absolute atomic E-state index is 12.2. The van der Waals surface area contributed by atoms with Crippen LogP contribution in [-0.2, 0) is 33.6 Å². The highest BCUT2D eigenvalue weighted by Gasteiger charge is 2.14. The molecular formula is C17H23NO3. The number of fused-ring (bicyclic) bond motifs is 1. The van der Waals surface area contributed by atoms with Crippen LogP contribution in [0.3, 0.4) is 0 Å². The molecular weight excluding hydrogens is 266 g/mol. The van der Waals surface area contributed by atoms with Crippen molar-refractivity contribution in [3.63, 3.8) is 0 Å². The van der Waals surface area contributed by atoms with Crippen molar-refractivity contribution in [1.29, 1.82) is 0 Å². The lowest BCUT2D eigenvalue weighted by atomic mass is 9.90. The van der Waals surface area contributed by atoms with Crippen LogP contribution in [0, 0.1) is 0 Å². The van der Waals surface area contributed by atoms with Gasteiger partial charge in [0, 0.05) is 13.6 Å². The Labute approximate surface area is 126 Å². The number of benzene rings is 1. The molecule has 1 amide bonds. The van der Waals surface area contributed by atoms with E-state index in [4.69, 9.17) is 0 Å². The third kappa shape index (κ3) is 4.31. The highest BCUT2D eigenvalue weighted by Crippen LogP contribution is 2.22. The zero-order chi connectivity index (χ0) is 15.2. The molecule has 2 rings (SSSR count). The van der Waals surface area contributed by atoms with E-state index < -0.39 is 0 Å². The number of hydrogen-bond acceptors (Lipinski definition) is 3. The van der Waals surface area contributed by atoms with Gasteiger partial charge in [0.25, 0.3) is 0 Å². The summed E-state index contributed by atoms with van der Waals surface area (Å²) in [7, 11) is 3.08. The molecule has 0 unspecified atom stereocenters. The number of nitrogens with zero attached hydrogens (tertiary/aromatic N) is 1. The molecule has 0 fully saturated rings. The van der Waals surface area contributed by atoms with Crippen LogP contribution in [0.15, 0.2) is 18.2 Å². The lowest BCUT2D eigenvalue weighted by Gasteiger charge is -2.19. The molecule has 114 valence electrons. The van der Waals surface area contributed by atoms with Gasteiger partial charge in [0.15, 0.2) is 0 Å². The van der Waals surface area contributed by atoms with E-state index in [1.54, 1.807) is 11.9 Å². The average molecular weight is 289 g/mol. The van der Waals surface area contributed by atoms with Gasteiger partial charge in [-0.1, -0.05) is 18.2 Å². The van der Waals surface area contributed by atoms with E-state index >= 15 is 0 Å². The maximum Gasteiger partial charge on any atom is 0.307 e. The summed E-state index contributed by atoms with van der Waals surface area (Å²) in [6.45, 7) is 0.399. The van der Waals surface area contributed by atoms with Crippen molar-refractivity contribution >= 4 is 11.9 Å². The molecule has 1 aliphatic rings. The van der Waals surface area contributed by atoms with Gasteiger partial charge in [-0.2, -0.15) is 0 Å². The summed E-state index contributed by atoms with van der Waals surface area (Å²) in [5.74, 6) is -0.252. The molecule has 0 aliphatic heterocycles. The number of carbonyl (C=O) groups is 2. The topological polar surface area (TPSA) is 46.6 Å². The summed E-state index contributed by atoms with van der Waals surface area (Å²) in [5, 5.41) is 0. The molecule has 0 radical (unpaired) electrons. The Hall–Kier alpha value is -1.84. The molecule has 4 nitrogen and oxygen atoms in total. The first-order valence-electron chi connectivity index (χ1n) is 7.51. The zero-order valence-corrected chi connectivity index (χ0v) is 12.9. The van der Waals surface area contributed by atoms with E-state index in [1.165, 1.54) is 31.1 Å². The third-order valence-electron chi connectivity index (χ3n) is 4.07. The summed E-state index contributed by atoms with van der Waals surface area (Å²) in [6, 6.07) is 6.38. The fourth-order valence-corrected chi connectivity index (χ4v) is 2.69. The zero-order valence-electron chi connectivity index (χ0n) is 12.9. The van der Waals surface area contributed by atoms with Crippen LogP contribution >= 0.6 is 0 Å². The maximum atomic E-state index is 12.2. The molecule has 1 aromatic carbocycles. The lowest BCUT2D eigenvalue weighted by Crippen LogP contribution is -2.30. The van der Waals surface area contributed by atoms with E-state index in [0.29, 0.717) is 13.0 Å². The first kappa shape index (κ1) is 15.5. The van der Waals surface area contributed by atoms with Gasteiger partial charge in [-0.3, -0.25) is 9.59 Å². The van der Waals surface area contributed by atoms with Gasteiger partial charge in [-0.25, -0.2) is 0 Å². The number of methoxy groups -OCH3 is 1. The van der Waals surface area contributed by atoms with Crippen molar-refractivity contribution in [3.05, 3.63) is 34.9 Å². The number of carbonyl (C=O) groups excluding carboxylic acids is 2. The third-order valence-corrected chi connectivity index (χ3v) is 4.07. The van der Waals surface area contributed by atoms with Gasteiger partial charge >= 0.3 is 5.97 Å². The van der Waals surface area contributed by atoms with Crippen LogP contribution in [0.1, 0.15) is 36.0 Å². The Morgan fingerprint density at radius 1 is 1.19 bits per heavy atom. The van der Waals surface area contributed by atoms with Gasteiger partial charge in [-0.05, 0) is 42.4 Å². The largest absolute Gasteiger partial charge is 0.469 e. The number of likely N-dealkylation sites (N-methyl/N-ethyl adjacent to an activating group) is 1. The average Bonchev–Trinajstić information content (AvgIpc) is 2.51. The van der Waals surface area contributed by atoms with E-state index in [-0.39, 0.29) is 18.3 Å². The van der Waals surface area contributed by atoms with E-state index in [9.17, 15) is 9.59 Å². The predicted molar refractivity (Wildman–Crippen MR) is 81.1 cm³/mol. The molecule has 0 bridgehead atoms. The Kier molecular flexibility index (Phi) is 5.37. The Morgan fingerprint density at radius 2 is 1.90 bits per heavy atom. The minimum Gasteiger partial charge on any atom is -0.469 e. The van der Waals surface area contributed by atoms with Gasteiger partial charge < -0.3 is 9.64 Å². The first-order chi connectivity index (χ1) is 10.1. The Morgan fingerprint density at radius 3 is 2.62 bits per heavy atom. The standard InChI is InChI=1S/C17H23NO3/c1-18(10-9-17(20)21-2)16(19)12-13-7-8-14-5-3-4-6-15(14)11-13/h7-8,11H,3-6,9-10,12H2,1-2H3. The fourth-order valence-electron chi connectivity index (χ4n) is 2.69. The SMILES string of the molecule is COC(=O)CCN(C)C(=O)Cc1ccc2c(c1)CCCC2. The van der Waals surface area contributed by atoms with Crippen molar-refractivity contribution in [3.8, 4) is 0 Å². The van der Waals surface area contributed by atoms with Crippen LogP contribution in [0.4, 0.5) is 0 Å². The minimum absolute atomic E-state index is 0.0367. The molecule has 0 saturated heterocycles. The number of rotatable bonds is 5. The molecule has 0 spiro atoms. The van der Waals surface area contributed by atoms with Crippen molar-refractivity contribution in [2.45, 2.75) is 38.5 Å². The summed E-state index contributed by atoms with van der Waals surface area (Å²) in [6.07, 6.45) is 5.41. The molecule has 0 N–H and O–H groups in total. The second-order valence-corrected chi connectivity index (χ2v) is 5.63. The summed E-state index contributed by atoms with van der Waals surface area (Å²) >= 11 is 0. The highest BCUT2D eigenvalue weighted by atomic mass is 16.5. The summed E-state index contributed by atoms with van der Waals surface area (Å²) in [4.78, 5) is 24.8. The molecule has 0 saturated carbocycles. The van der Waals surface area contributed by atoms with Crippen molar-refractivity contribution in [2.24, 2.45) is 0 Å². The Bertz CT molecular complexity index is 525. The molecule has 4 heteroatoms. The van der Waals surface area contributed by atoms with Crippen LogP contribution in [0.25, 0.3) is 0 Å². The normalized spacial score (nSPS) is 13.4. The van der Waals surface area contributed by atoms with Crippen LogP contribution < -0.4 is 0 Å². The molecule has 0 heterocycles. The number of aryl methyl sites for hydroxylation is 2. The molecule has 0 atom stereocenters. The van der Waals surface area contributed by atoms with Gasteiger partial charge in [-0.15, -0.1) is 0 Å². The predicted octanol–water partition coefficient (Wildman–Crippen LogP) is 2.13. The molecule has 1 aliphatic carbocycles. The number of ether oxygens (including phenoxy) is 1. The summed E-state index contributed by atoms with van der Waals surface area (Å²) in [5.41, 5.74) is 3.88. The van der Waals surface area contributed by atoms with E-state index in [0.717, 1.165) is 18.4 Å². The van der Waals surface area contributed by atoms with Gasteiger partial charge in [0.05, 0.1) is 20.0 Å². The van der Waals surface area contributed by atoms with Crippen LogP contribution in [0.2, 0.25) is 0 Å². The smallest absolute Gasteiger partial charge is 0.307 e. The monoisotopic (exact) mass is 289 g/mol. The van der Waals surface area contributed by atoms with Crippen molar-refractivity contribution in [1.82, 2.24) is 4.90 Å². The minimum atomic E-state index is -0.288. The highest BCUT2D eigenvalue weighted by molar-refractivity contribution is 5.79. The quantitative estimate of drug-likeness (QED) is 0.780. The number of esters is 1. The van der Waals surface area contributed by atoms with Crippen molar-refractivity contribution < 1.29 is 14.3 Å². The lowest BCUT2D eigenvalue weighted by molar-refractivity contribution is -0.141. The first-order valence-corrected chi connectivity index (χ1v) is 7.51. The number of hydrogen-bond donors (Lipinski definition) is 0. The Balaban J connectivity index is 1.91. The summed E-state index contributed by atoms with van der Waals surface area (Å²) < 4.78 is 4.58. The van der Waals surface area contributed by atoms with Gasteiger partial charge in [0.1, 0.15) is 0 Å². The molecule has 0 aromatic heterocycles. The molecule has 1 aromatic rings. The van der Waals surface area contributed by atoms with E-state index in [2.05, 4.69) is 22.9 Å². The molecule has 21 heavy (non-hydrogen) atoms. The second-order valence-electron chi connectivity index (χ2n) is 5.63.